The van der Waals surface area contributed by atoms with Crippen LogP contribution in [-0.2, 0) is 21.2 Å². The summed E-state index contributed by atoms with van der Waals surface area (Å²) in [6.07, 6.45) is -0.447. The van der Waals surface area contributed by atoms with E-state index in [0.29, 0.717) is 29.3 Å². The van der Waals surface area contributed by atoms with Crippen molar-refractivity contribution in [3.8, 4) is 11.5 Å². The van der Waals surface area contributed by atoms with Crippen molar-refractivity contribution in [1.82, 2.24) is 9.56 Å². The van der Waals surface area contributed by atoms with Gasteiger partial charge in [0, 0.05) is 12.1 Å². The number of sulfone groups is 1. The van der Waals surface area contributed by atoms with E-state index >= 15 is 0 Å². The summed E-state index contributed by atoms with van der Waals surface area (Å²) in [6, 6.07) is 16.1. The Morgan fingerprint density at radius 2 is 1.86 bits per heavy atom. The molecular formula is C26H27N3O7S. The van der Waals surface area contributed by atoms with Crippen molar-refractivity contribution in [2.24, 2.45) is 0 Å². The van der Waals surface area contributed by atoms with Gasteiger partial charge in [0.2, 0.25) is 0 Å². The van der Waals surface area contributed by atoms with Crippen LogP contribution in [0.25, 0.3) is 5.65 Å². The highest BCUT2D eigenvalue weighted by Crippen LogP contribution is 2.30. The van der Waals surface area contributed by atoms with Gasteiger partial charge in [-0.2, -0.15) is 0 Å². The van der Waals surface area contributed by atoms with Crippen molar-refractivity contribution < 1.29 is 27.2 Å². The maximum atomic E-state index is 13.1. The average Bonchev–Trinajstić information content (AvgIpc) is 3.27. The summed E-state index contributed by atoms with van der Waals surface area (Å²) in [5, 5.41) is 2.74. The third kappa shape index (κ3) is 6.00. The number of nitrogens with one attached hydrogen (secondary N) is 1. The molecule has 0 radical (unpaired) electrons. The zero-order valence-electron chi connectivity index (χ0n) is 20.6. The molecule has 4 rings (SSSR count). The topological polar surface area (TPSA) is 129 Å². The second kappa shape index (κ2) is 10.9. The number of carbonyl (C=O) groups excluding carboxylic acids is 1. The molecule has 4 aromatic rings. The summed E-state index contributed by atoms with van der Waals surface area (Å²) >= 11 is 0. The Bertz CT molecular complexity index is 1580. The summed E-state index contributed by atoms with van der Waals surface area (Å²) in [4.78, 5) is 29.8. The molecule has 0 aliphatic carbocycles. The fourth-order valence-corrected chi connectivity index (χ4v) is 4.50. The summed E-state index contributed by atoms with van der Waals surface area (Å²) in [5.41, 5.74) is 0.433. The molecule has 2 heterocycles. The maximum Gasteiger partial charge on any atom is 0.287 e. The van der Waals surface area contributed by atoms with Gasteiger partial charge in [-0.05, 0) is 43.7 Å². The SMILES string of the molecule is CC[C@@H](Oc1ccccc1)C(=O)Nc1cc(S(=O)(=O)CC)ccc1OCc1cc(=O)n2oc(C)cc2n1. The Labute approximate surface area is 213 Å². The van der Waals surface area contributed by atoms with Crippen LogP contribution in [0.4, 0.5) is 5.69 Å². The lowest BCUT2D eigenvalue weighted by atomic mass is 10.2. The van der Waals surface area contributed by atoms with Crippen LogP contribution in [-0.4, -0.2) is 35.7 Å². The van der Waals surface area contributed by atoms with E-state index in [1.165, 1.54) is 31.2 Å². The van der Waals surface area contributed by atoms with Gasteiger partial charge in [-0.15, -0.1) is 4.57 Å². The lowest BCUT2D eigenvalue weighted by Gasteiger charge is -2.19. The number of fused-ring (bicyclic) bond motifs is 1. The van der Waals surface area contributed by atoms with Gasteiger partial charge in [-0.3, -0.25) is 9.59 Å². The minimum Gasteiger partial charge on any atom is -0.485 e. The highest BCUT2D eigenvalue weighted by molar-refractivity contribution is 7.91. The van der Waals surface area contributed by atoms with Crippen LogP contribution < -0.4 is 20.3 Å². The number of hydrogen-bond donors (Lipinski definition) is 1. The van der Waals surface area contributed by atoms with E-state index in [1.807, 2.05) is 6.07 Å². The molecule has 0 spiro atoms. The van der Waals surface area contributed by atoms with E-state index in [2.05, 4.69) is 10.3 Å². The van der Waals surface area contributed by atoms with E-state index in [1.54, 1.807) is 44.2 Å². The number of para-hydroxylation sites is 1. The van der Waals surface area contributed by atoms with Crippen molar-refractivity contribution >= 4 is 27.1 Å². The molecule has 0 saturated heterocycles. The largest absolute Gasteiger partial charge is 0.485 e. The number of nitrogens with zero attached hydrogens (tertiary/aromatic N) is 2. The van der Waals surface area contributed by atoms with E-state index in [0.717, 1.165) is 4.57 Å². The van der Waals surface area contributed by atoms with Crippen molar-refractivity contribution in [3.63, 3.8) is 0 Å². The molecule has 1 amide bonds. The van der Waals surface area contributed by atoms with Crippen molar-refractivity contribution in [2.75, 3.05) is 11.1 Å². The molecule has 0 aliphatic rings. The number of anilines is 1. The lowest BCUT2D eigenvalue weighted by molar-refractivity contribution is -0.122. The first kappa shape index (κ1) is 26.0. The van der Waals surface area contributed by atoms with Gasteiger partial charge in [0.15, 0.2) is 21.6 Å². The first-order valence-electron chi connectivity index (χ1n) is 11.7. The van der Waals surface area contributed by atoms with Crippen LogP contribution >= 0.6 is 0 Å². The number of rotatable bonds is 10. The Hall–Kier alpha value is -4.12. The summed E-state index contributed by atoms with van der Waals surface area (Å²) in [5.74, 6) is 0.708. The molecule has 0 saturated carbocycles. The molecule has 10 nitrogen and oxygen atoms in total. The van der Waals surface area contributed by atoms with Crippen molar-refractivity contribution in [2.45, 2.75) is 44.8 Å². The number of ether oxygens (including phenoxy) is 2. The predicted octanol–water partition coefficient (Wildman–Crippen LogP) is 3.76. The van der Waals surface area contributed by atoms with Crippen LogP contribution in [0.3, 0.4) is 0 Å². The maximum absolute atomic E-state index is 13.1. The zero-order valence-corrected chi connectivity index (χ0v) is 21.4. The molecule has 1 atom stereocenters. The van der Waals surface area contributed by atoms with Crippen LogP contribution in [0.15, 0.2) is 74.9 Å². The van der Waals surface area contributed by atoms with Crippen molar-refractivity contribution in [1.29, 1.82) is 0 Å². The molecule has 0 aliphatic heterocycles. The van der Waals surface area contributed by atoms with E-state index in [-0.39, 0.29) is 28.7 Å². The first-order valence-corrected chi connectivity index (χ1v) is 13.4. The third-order valence-electron chi connectivity index (χ3n) is 5.53. The van der Waals surface area contributed by atoms with Gasteiger partial charge in [0.25, 0.3) is 11.5 Å². The first-order chi connectivity index (χ1) is 17.7. The van der Waals surface area contributed by atoms with Crippen LogP contribution in [0, 0.1) is 6.92 Å². The highest BCUT2D eigenvalue weighted by atomic mass is 32.2. The Morgan fingerprint density at radius 3 is 2.57 bits per heavy atom. The second-order valence-electron chi connectivity index (χ2n) is 8.25. The van der Waals surface area contributed by atoms with Crippen LogP contribution in [0.5, 0.6) is 11.5 Å². The monoisotopic (exact) mass is 525 g/mol. The van der Waals surface area contributed by atoms with Crippen molar-refractivity contribution in [3.05, 3.63) is 82.5 Å². The number of amides is 1. The third-order valence-corrected chi connectivity index (χ3v) is 7.26. The molecule has 194 valence electrons. The second-order valence-corrected chi connectivity index (χ2v) is 10.5. The minimum atomic E-state index is -3.55. The number of hydrogen-bond acceptors (Lipinski definition) is 8. The summed E-state index contributed by atoms with van der Waals surface area (Å²) < 4.78 is 43.0. The van der Waals surface area contributed by atoms with Gasteiger partial charge in [-0.1, -0.05) is 32.0 Å². The van der Waals surface area contributed by atoms with Gasteiger partial charge in [0.05, 0.1) is 22.0 Å². The van der Waals surface area contributed by atoms with Crippen LogP contribution in [0.1, 0.15) is 31.7 Å². The van der Waals surface area contributed by atoms with Gasteiger partial charge in [-0.25, -0.2) is 13.4 Å². The van der Waals surface area contributed by atoms with Crippen LogP contribution in [0.2, 0.25) is 0 Å². The number of carbonyl (C=O) groups is 1. The minimum absolute atomic E-state index is 0.0429. The van der Waals surface area contributed by atoms with Gasteiger partial charge in [0.1, 0.15) is 23.9 Å². The van der Waals surface area contributed by atoms with E-state index in [4.69, 9.17) is 14.0 Å². The molecular weight excluding hydrogens is 498 g/mol. The summed E-state index contributed by atoms with van der Waals surface area (Å²) in [7, 11) is -3.55. The molecule has 0 bridgehead atoms. The molecule has 11 heteroatoms. The van der Waals surface area contributed by atoms with Gasteiger partial charge < -0.3 is 19.3 Å². The molecule has 2 aromatic heterocycles. The Morgan fingerprint density at radius 1 is 1.11 bits per heavy atom. The van der Waals surface area contributed by atoms with E-state index < -0.39 is 27.4 Å². The Kier molecular flexibility index (Phi) is 7.63. The fraction of sp³-hybridized carbons (Fsp3) is 0.269. The number of aryl methyl sites for hydroxylation is 1. The van der Waals surface area contributed by atoms with Gasteiger partial charge >= 0.3 is 0 Å². The highest BCUT2D eigenvalue weighted by Gasteiger charge is 2.22. The quantitative estimate of drug-likeness (QED) is 0.331. The lowest BCUT2D eigenvalue weighted by Crippen LogP contribution is -2.32. The molecule has 2 aromatic carbocycles. The zero-order chi connectivity index (χ0) is 26.6. The molecule has 37 heavy (non-hydrogen) atoms. The molecule has 0 fully saturated rings. The standard InChI is InChI=1S/C26H27N3O7S/c1-4-22(35-19-9-7-6-8-10-19)26(31)28-21-15-20(37(32,33)5-2)11-12-23(21)34-16-18-14-25(30)29-24(27-18)13-17(3)36-29/h6-15,22H,4-5,16H2,1-3H3,(H,28,31)/t22-/m1/s1. The molecule has 1 N–H and O–H groups in total. The number of benzene rings is 2. The summed E-state index contributed by atoms with van der Waals surface area (Å²) in [6.45, 7) is 4.95. The Balaban J connectivity index is 1.60. The predicted molar refractivity (Wildman–Crippen MR) is 137 cm³/mol. The number of aromatic nitrogens is 2. The fourth-order valence-electron chi connectivity index (χ4n) is 3.59. The smallest absolute Gasteiger partial charge is 0.287 e. The molecule has 0 unspecified atom stereocenters. The normalized spacial score (nSPS) is 12.3. The van der Waals surface area contributed by atoms with E-state index in [9.17, 15) is 18.0 Å². The average molecular weight is 526 g/mol.